The summed E-state index contributed by atoms with van der Waals surface area (Å²) in [5.41, 5.74) is 23.0. The van der Waals surface area contributed by atoms with Gasteiger partial charge in [-0.15, -0.1) is 0 Å². The minimum atomic E-state index is -1.33. The number of nitriles is 1. The quantitative estimate of drug-likeness (QED) is 0.0929. The van der Waals surface area contributed by atoms with E-state index >= 15 is 0 Å². The first kappa shape index (κ1) is 49.7. The van der Waals surface area contributed by atoms with Crippen LogP contribution in [0.15, 0.2) is 54.6 Å². The third-order valence-electron chi connectivity index (χ3n) is 11.9. The number of hydrogen-bond donors (Lipinski definition) is 5. The van der Waals surface area contributed by atoms with Gasteiger partial charge in [0, 0.05) is 79.9 Å². The number of likely N-dealkylation sites (N-methyl/N-ethyl adjacent to an activating group) is 1. The van der Waals surface area contributed by atoms with E-state index < -0.39 is 41.5 Å². The number of amides is 2. The van der Waals surface area contributed by atoms with Crippen LogP contribution < -0.4 is 27.3 Å². The number of carbonyl (C=O) groups excluding carboxylic acids is 5. The second kappa shape index (κ2) is 21.6. The predicted octanol–water partition coefficient (Wildman–Crippen LogP) is 5.47. The Morgan fingerprint density at radius 1 is 0.969 bits per heavy atom. The lowest BCUT2D eigenvalue weighted by Gasteiger charge is -2.32. The number of ether oxygens (including phenoxy) is 1. The molecule has 0 spiro atoms. The molecule has 0 saturated heterocycles. The molecule has 0 radical (unpaired) electrons. The molecule has 1 aromatic heterocycles. The number of phenols is 1. The number of carbonyl (C=O) groups is 5. The molecule has 15 nitrogen and oxygen atoms in total. The van der Waals surface area contributed by atoms with Crippen molar-refractivity contribution in [2.45, 2.75) is 104 Å². The van der Waals surface area contributed by atoms with Gasteiger partial charge < -0.3 is 37.3 Å². The average molecular weight is 887 g/mol. The molecule has 0 aliphatic carbocycles. The van der Waals surface area contributed by atoms with Gasteiger partial charge in [0.15, 0.2) is 23.2 Å². The number of nitrogens with two attached hydrogens (primary N) is 3. The SMILES string of the molecule is Cc1nc(-c2ccc(C(C)(C)C)cc2)nc(C)c1C(=O)C[C@@H](CCN)C(=O)N(C)[C@@H]1C(=O)C[C@@H](C)C(=O)N[C@H](C(=O)CCC#N)Cc2ccc(OCCN)c(c2)-c2cc1cc(CN)c2O. The van der Waals surface area contributed by atoms with E-state index in [-0.39, 0.29) is 98.6 Å². The number of ketones is 3. The smallest absolute Gasteiger partial charge is 0.226 e. The van der Waals surface area contributed by atoms with Crippen molar-refractivity contribution in [2.75, 3.05) is 26.7 Å². The highest BCUT2D eigenvalue weighted by atomic mass is 16.5. The molecule has 8 N–H and O–H groups in total. The Kier molecular flexibility index (Phi) is 16.5. The zero-order chi connectivity index (χ0) is 47.7. The first-order valence-electron chi connectivity index (χ1n) is 22.0. The summed E-state index contributed by atoms with van der Waals surface area (Å²) in [6, 6.07) is 15.8. The number of fused-ring (bicyclic) bond motifs is 5. The summed E-state index contributed by atoms with van der Waals surface area (Å²) in [5, 5.41) is 23.8. The number of Topliss-reactive ketones (excluding diaryl/α,β-unsaturated/α-hetero) is 3. The second-order valence-corrected chi connectivity index (χ2v) is 17.9. The summed E-state index contributed by atoms with van der Waals surface area (Å²) in [7, 11) is 1.46. The van der Waals surface area contributed by atoms with E-state index in [2.05, 4.69) is 26.1 Å². The minimum absolute atomic E-state index is 0.0369. The third kappa shape index (κ3) is 11.7. The second-order valence-electron chi connectivity index (χ2n) is 17.9. The summed E-state index contributed by atoms with van der Waals surface area (Å²) in [4.78, 5) is 81.6. The van der Waals surface area contributed by atoms with Crippen molar-refractivity contribution < 1.29 is 33.8 Å². The van der Waals surface area contributed by atoms with Gasteiger partial charge in [-0.25, -0.2) is 9.97 Å². The van der Waals surface area contributed by atoms with Crippen molar-refractivity contribution in [2.24, 2.45) is 29.0 Å². The molecule has 4 aromatic rings. The Hall–Kier alpha value is -6.34. The lowest BCUT2D eigenvalue weighted by molar-refractivity contribution is -0.142. The zero-order valence-corrected chi connectivity index (χ0v) is 38.5. The summed E-state index contributed by atoms with van der Waals surface area (Å²) in [5.74, 6) is -3.68. The summed E-state index contributed by atoms with van der Waals surface area (Å²) >= 11 is 0. The standard InChI is InChI=1S/C50H62N8O7/c1-28-21-42(61)45(58(7)49(64)33(16-18-52)26-41(60)44-29(2)55-47(56-30(44)3)32-11-13-36(14-12-32)50(4,5)6)34-24-35(27-54)46(62)38(25-34)37-22-31(10-15-43(37)65-20-19-53)23-39(57-48(28)63)40(59)9-8-17-51/h10-15,22,24-25,28,33,39,45,62H,8-9,16,18-21,23,26-27,52-54H2,1-7H3,(H,57,63)/t28-,33-,39+,45+/m1/s1. The Labute approximate surface area is 381 Å². The van der Waals surface area contributed by atoms with E-state index in [0.717, 1.165) is 11.1 Å². The molecule has 1 aliphatic heterocycles. The average Bonchev–Trinajstić information content (AvgIpc) is 3.26. The van der Waals surface area contributed by atoms with Gasteiger partial charge in [0.2, 0.25) is 11.8 Å². The molecule has 4 bridgehead atoms. The topological polar surface area (TPSA) is 258 Å². The molecule has 0 unspecified atom stereocenters. The maximum Gasteiger partial charge on any atom is 0.226 e. The largest absolute Gasteiger partial charge is 0.507 e. The van der Waals surface area contributed by atoms with Crippen LogP contribution in [0.5, 0.6) is 11.5 Å². The number of benzene rings is 3. The normalized spacial score (nSPS) is 17.0. The molecule has 5 rings (SSSR count). The number of hydrogen-bond acceptors (Lipinski definition) is 13. The van der Waals surface area contributed by atoms with Gasteiger partial charge in [-0.1, -0.05) is 58.0 Å². The van der Waals surface area contributed by atoms with E-state index in [9.17, 15) is 34.3 Å². The van der Waals surface area contributed by atoms with Crippen LogP contribution in [0, 0.1) is 37.0 Å². The van der Waals surface area contributed by atoms with Crippen molar-refractivity contribution in [1.29, 1.82) is 5.26 Å². The number of rotatable bonds is 15. The lowest BCUT2D eigenvalue weighted by atomic mass is 9.86. The van der Waals surface area contributed by atoms with Crippen LogP contribution in [-0.2, 0) is 37.6 Å². The molecule has 15 heteroatoms. The Balaban J connectivity index is 1.57. The number of nitrogens with zero attached hydrogens (tertiary/aromatic N) is 4. The molecule has 1 aliphatic rings. The molecule has 65 heavy (non-hydrogen) atoms. The van der Waals surface area contributed by atoms with E-state index in [1.54, 1.807) is 51.1 Å². The van der Waals surface area contributed by atoms with Crippen molar-refractivity contribution in [3.63, 3.8) is 0 Å². The third-order valence-corrected chi connectivity index (χ3v) is 11.9. The van der Waals surface area contributed by atoms with Gasteiger partial charge in [-0.2, -0.15) is 5.26 Å². The van der Waals surface area contributed by atoms with Gasteiger partial charge in [0.05, 0.1) is 29.1 Å². The first-order chi connectivity index (χ1) is 30.8. The fraction of sp³-hybridized carbons (Fsp3) is 0.440. The lowest BCUT2D eigenvalue weighted by Crippen LogP contribution is -2.46. The maximum atomic E-state index is 14.8. The number of aryl methyl sites for hydroxylation is 2. The van der Waals surface area contributed by atoms with Gasteiger partial charge in [0.25, 0.3) is 0 Å². The van der Waals surface area contributed by atoms with Gasteiger partial charge in [0.1, 0.15) is 24.1 Å². The van der Waals surface area contributed by atoms with Crippen molar-refractivity contribution in [3.05, 3.63) is 93.8 Å². The number of aromatic nitrogens is 2. The highest BCUT2D eigenvalue weighted by Crippen LogP contribution is 2.42. The van der Waals surface area contributed by atoms with Crippen LogP contribution in [0.3, 0.4) is 0 Å². The molecule has 4 atom stereocenters. The number of phenolic OH excluding ortho intramolecular Hbond substituents is 1. The van der Waals surface area contributed by atoms with E-state index in [4.69, 9.17) is 31.9 Å². The zero-order valence-electron chi connectivity index (χ0n) is 38.5. The molecular weight excluding hydrogens is 825 g/mol. The minimum Gasteiger partial charge on any atom is -0.507 e. The molecule has 0 fully saturated rings. The van der Waals surface area contributed by atoms with Crippen LogP contribution in [0.2, 0.25) is 0 Å². The summed E-state index contributed by atoms with van der Waals surface area (Å²) in [6.07, 6.45) is -0.602. The van der Waals surface area contributed by atoms with E-state index in [0.29, 0.717) is 45.2 Å². The Bertz CT molecular complexity index is 2450. The predicted molar refractivity (Wildman–Crippen MR) is 248 cm³/mol. The Morgan fingerprint density at radius 2 is 1.65 bits per heavy atom. The van der Waals surface area contributed by atoms with Gasteiger partial charge in [-0.05, 0) is 79.6 Å². The number of aromatic hydroxyl groups is 1. The monoisotopic (exact) mass is 886 g/mol. The molecule has 0 saturated carbocycles. The number of nitrogens with one attached hydrogen (secondary N) is 1. The molecule has 344 valence electrons. The van der Waals surface area contributed by atoms with Crippen molar-refractivity contribution >= 4 is 29.2 Å². The van der Waals surface area contributed by atoms with Crippen LogP contribution >= 0.6 is 0 Å². The highest BCUT2D eigenvalue weighted by molar-refractivity contribution is 6.01. The van der Waals surface area contributed by atoms with Gasteiger partial charge >= 0.3 is 0 Å². The van der Waals surface area contributed by atoms with Gasteiger partial charge in [-0.3, -0.25) is 24.0 Å². The van der Waals surface area contributed by atoms with Crippen LogP contribution in [0.25, 0.3) is 22.5 Å². The highest BCUT2D eigenvalue weighted by Gasteiger charge is 2.37. The van der Waals surface area contributed by atoms with Crippen molar-refractivity contribution in [3.8, 4) is 40.1 Å². The maximum absolute atomic E-state index is 14.8. The fourth-order valence-corrected chi connectivity index (χ4v) is 8.35. The fourth-order valence-electron chi connectivity index (χ4n) is 8.35. The van der Waals surface area contributed by atoms with E-state index in [1.807, 2.05) is 30.3 Å². The van der Waals surface area contributed by atoms with Crippen LogP contribution in [0.4, 0.5) is 0 Å². The van der Waals surface area contributed by atoms with Crippen LogP contribution in [-0.4, -0.2) is 81.9 Å². The Morgan fingerprint density at radius 3 is 2.25 bits per heavy atom. The molecule has 3 aromatic carbocycles. The van der Waals surface area contributed by atoms with E-state index in [1.165, 1.54) is 11.9 Å². The van der Waals surface area contributed by atoms with Crippen molar-refractivity contribution in [1.82, 2.24) is 20.2 Å². The summed E-state index contributed by atoms with van der Waals surface area (Å²) in [6.45, 7) is 11.6. The molecular formula is C50H62N8O7. The first-order valence-corrected chi connectivity index (χ1v) is 22.0. The summed E-state index contributed by atoms with van der Waals surface area (Å²) < 4.78 is 6.02. The molecule has 2 amide bonds. The van der Waals surface area contributed by atoms with Crippen LogP contribution in [0.1, 0.15) is 110 Å². The molecule has 2 heterocycles.